The van der Waals surface area contributed by atoms with Crippen LogP contribution in [0.2, 0.25) is 0 Å². The van der Waals surface area contributed by atoms with E-state index in [9.17, 15) is 40.5 Å². The second-order valence-corrected chi connectivity index (χ2v) is 8.22. The van der Waals surface area contributed by atoms with Crippen molar-refractivity contribution in [3.05, 3.63) is 0 Å². The van der Waals surface area contributed by atoms with E-state index in [1.165, 1.54) is 0 Å². The van der Waals surface area contributed by atoms with Crippen molar-refractivity contribution in [3.63, 3.8) is 0 Å². The van der Waals surface area contributed by atoms with Crippen LogP contribution in [-0.4, -0.2) is 142 Å². The molecule has 0 aromatic rings. The summed E-state index contributed by atoms with van der Waals surface area (Å²) >= 11 is 0. The van der Waals surface area contributed by atoms with Gasteiger partial charge in [0.2, 0.25) is 0 Å². The van der Waals surface area contributed by atoms with Gasteiger partial charge in [0, 0.05) is 5.92 Å². The van der Waals surface area contributed by atoms with E-state index < -0.39 is 55.2 Å². The molecule has 1 fully saturated rings. The topological polar surface area (TPSA) is 186 Å². The summed E-state index contributed by atoms with van der Waals surface area (Å²) in [6, 6.07) is 0. The maximum absolute atomic E-state index is 11.2. The Morgan fingerprint density at radius 3 is 2.26 bits per heavy atom. The molecule has 1 rings (SSSR count). The van der Waals surface area contributed by atoms with Crippen molar-refractivity contribution < 1.29 is 59.2 Å². The Labute approximate surface area is 181 Å². The fraction of sp³-hybridized carbons (Fsp3) is 0.947. The summed E-state index contributed by atoms with van der Waals surface area (Å²) in [5.74, 6) is -1.75. The molecule has 12 nitrogen and oxygen atoms in total. The van der Waals surface area contributed by atoms with Gasteiger partial charge in [-0.2, -0.15) is 0 Å². The molecule has 0 saturated carbocycles. The van der Waals surface area contributed by atoms with Crippen LogP contribution in [0.1, 0.15) is 13.8 Å². The number of hydrogen-bond donors (Lipinski definition) is 7. The van der Waals surface area contributed by atoms with Crippen LogP contribution >= 0.6 is 0 Å². The lowest BCUT2D eigenvalue weighted by Gasteiger charge is -2.42. The molecule has 7 unspecified atom stereocenters. The predicted molar refractivity (Wildman–Crippen MR) is 106 cm³/mol. The zero-order valence-corrected chi connectivity index (χ0v) is 18.1. The van der Waals surface area contributed by atoms with Gasteiger partial charge in [0.25, 0.3) is 0 Å². The van der Waals surface area contributed by atoms with Crippen molar-refractivity contribution in [2.45, 2.75) is 50.7 Å². The third-order valence-electron chi connectivity index (χ3n) is 5.34. The molecule has 0 spiro atoms. The number of carbonyl (C=O) groups is 1. The van der Waals surface area contributed by atoms with Crippen LogP contribution in [-0.2, 0) is 19.0 Å². The van der Waals surface area contributed by atoms with E-state index in [2.05, 4.69) is 0 Å². The second-order valence-electron chi connectivity index (χ2n) is 8.22. The molecule has 1 aliphatic heterocycles. The average molecular weight is 457 g/mol. The molecule has 0 aromatic carbocycles. The summed E-state index contributed by atoms with van der Waals surface area (Å²) in [7, 11) is 0. The lowest BCUT2D eigenvalue weighted by atomic mass is 9.92. The quantitative estimate of drug-likeness (QED) is 0.123. The number of ether oxygens (including phenoxy) is 3. The molecule has 0 bridgehead atoms. The SMILES string of the molecule is CC(O)COCC1OC(O)C(C)C(OCC(O)C[N+](CCO)(CCO)CC(=O)O)C1O. The molecule has 1 heterocycles. The fourth-order valence-electron chi connectivity index (χ4n) is 3.76. The molecule has 0 aromatic heterocycles. The van der Waals surface area contributed by atoms with Gasteiger partial charge in [0.15, 0.2) is 12.8 Å². The Morgan fingerprint density at radius 2 is 1.74 bits per heavy atom. The van der Waals surface area contributed by atoms with Gasteiger partial charge in [-0.05, 0) is 6.92 Å². The van der Waals surface area contributed by atoms with Gasteiger partial charge in [-0.1, -0.05) is 6.92 Å². The first-order valence-electron chi connectivity index (χ1n) is 10.4. The number of nitrogens with zero attached hydrogens (tertiary/aromatic N) is 1. The Bertz CT molecular complexity index is 515. The van der Waals surface area contributed by atoms with Gasteiger partial charge in [-0.25, -0.2) is 4.79 Å². The molecule has 7 N–H and O–H groups in total. The van der Waals surface area contributed by atoms with E-state index in [1.807, 2.05) is 0 Å². The van der Waals surface area contributed by atoms with E-state index in [0.29, 0.717) is 0 Å². The summed E-state index contributed by atoms with van der Waals surface area (Å²) in [6.45, 7) is 1.76. The second kappa shape index (κ2) is 13.6. The van der Waals surface area contributed by atoms with E-state index in [0.717, 1.165) is 0 Å². The third-order valence-corrected chi connectivity index (χ3v) is 5.34. The Balaban J connectivity index is 2.74. The lowest BCUT2D eigenvalue weighted by molar-refractivity contribution is -0.924. The van der Waals surface area contributed by atoms with E-state index in [1.54, 1.807) is 13.8 Å². The van der Waals surface area contributed by atoms with Crippen LogP contribution in [0, 0.1) is 5.92 Å². The molecule has 1 saturated heterocycles. The molecular weight excluding hydrogens is 418 g/mol. The highest BCUT2D eigenvalue weighted by Gasteiger charge is 2.44. The summed E-state index contributed by atoms with van der Waals surface area (Å²) < 4.78 is 16.1. The van der Waals surface area contributed by atoms with Crippen molar-refractivity contribution in [3.8, 4) is 0 Å². The van der Waals surface area contributed by atoms with Crippen molar-refractivity contribution in [2.75, 3.05) is 59.2 Å². The monoisotopic (exact) mass is 456 g/mol. The Hall–Kier alpha value is -0.930. The normalized spacial score (nSPS) is 29.0. The molecule has 0 radical (unpaired) electrons. The van der Waals surface area contributed by atoms with Gasteiger partial charge >= 0.3 is 5.97 Å². The van der Waals surface area contributed by atoms with Crippen molar-refractivity contribution in [1.29, 1.82) is 0 Å². The number of aliphatic hydroxyl groups excluding tert-OH is 6. The third kappa shape index (κ3) is 9.22. The maximum Gasteiger partial charge on any atom is 0.359 e. The van der Waals surface area contributed by atoms with Crippen LogP contribution in [0.4, 0.5) is 0 Å². The molecule has 0 amide bonds. The molecule has 0 aliphatic carbocycles. The largest absolute Gasteiger partial charge is 0.477 e. The minimum Gasteiger partial charge on any atom is -0.477 e. The average Bonchev–Trinajstić information content (AvgIpc) is 2.65. The van der Waals surface area contributed by atoms with Crippen molar-refractivity contribution >= 4 is 5.97 Å². The highest BCUT2D eigenvalue weighted by molar-refractivity contribution is 5.67. The van der Waals surface area contributed by atoms with E-state index >= 15 is 0 Å². The number of rotatable bonds is 15. The molecule has 12 heteroatoms. The molecule has 184 valence electrons. The van der Waals surface area contributed by atoms with Crippen LogP contribution in [0.3, 0.4) is 0 Å². The smallest absolute Gasteiger partial charge is 0.359 e. The van der Waals surface area contributed by atoms with Crippen molar-refractivity contribution in [1.82, 2.24) is 0 Å². The first kappa shape index (κ1) is 28.1. The van der Waals surface area contributed by atoms with Crippen LogP contribution in [0.15, 0.2) is 0 Å². The first-order valence-corrected chi connectivity index (χ1v) is 10.4. The minimum atomic E-state index is -1.24. The Kier molecular flexibility index (Phi) is 12.3. The summed E-state index contributed by atoms with van der Waals surface area (Å²) in [5.41, 5.74) is 0. The van der Waals surface area contributed by atoms with Gasteiger partial charge in [0.05, 0.1) is 45.2 Å². The van der Waals surface area contributed by atoms with E-state index in [4.69, 9.17) is 14.2 Å². The van der Waals surface area contributed by atoms with Gasteiger partial charge in [0.1, 0.15) is 37.9 Å². The lowest BCUT2D eigenvalue weighted by Crippen LogP contribution is -2.59. The predicted octanol–water partition coefficient (Wildman–Crippen LogP) is -3.27. The van der Waals surface area contributed by atoms with E-state index in [-0.39, 0.29) is 57.2 Å². The van der Waals surface area contributed by atoms with Gasteiger partial charge < -0.3 is 54.4 Å². The molecular formula is C19H38NO11+. The van der Waals surface area contributed by atoms with Crippen LogP contribution < -0.4 is 0 Å². The number of hydrogen-bond acceptors (Lipinski definition) is 10. The van der Waals surface area contributed by atoms with Gasteiger partial charge in [-0.3, -0.25) is 0 Å². The van der Waals surface area contributed by atoms with Crippen LogP contribution in [0.5, 0.6) is 0 Å². The Morgan fingerprint density at radius 1 is 1.13 bits per heavy atom. The summed E-state index contributed by atoms with van der Waals surface area (Å²) in [5, 5.41) is 68.3. The standard InChI is InChI=1S/C19H37NO11/c1-12(23)9-29-11-15-17(27)18(13(2)19(28)31-15)30-10-14(24)7-20(3-5-21,4-6-22)8-16(25)26/h12-15,17-19,21-24,27-28H,3-11H2,1-2H3/p+1. The zero-order valence-electron chi connectivity index (χ0n) is 18.1. The molecule has 7 atom stereocenters. The first-order chi connectivity index (χ1) is 14.5. The highest BCUT2D eigenvalue weighted by Crippen LogP contribution is 2.27. The number of quaternary nitrogens is 1. The minimum absolute atomic E-state index is 0.0294. The highest BCUT2D eigenvalue weighted by atomic mass is 16.6. The number of aliphatic carboxylic acids is 1. The van der Waals surface area contributed by atoms with Crippen molar-refractivity contribution in [2.24, 2.45) is 5.92 Å². The number of carboxylic acids is 1. The molecule has 31 heavy (non-hydrogen) atoms. The van der Waals surface area contributed by atoms with Gasteiger partial charge in [-0.15, -0.1) is 0 Å². The van der Waals surface area contributed by atoms with Crippen LogP contribution in [0.25, 0.3) is 0 Å². The fourth-order valence-corrected chi connectivity index (χ4v) is 3.76. The summed E-state index contributed by atoms with van der Waals surface area (Å²) in [4.78, 5) is 11.2. The zero-order chi connectivity index (χ0) is 23.6. The summed E-state index contributed by atoms with van der Waals surface area (Å²) in [6.07, 6.45) is -6.06. The molecule has 1 aliphatic rings. The number of aliphatic hydroxyl groups is 6. The number of carboxylic acid groups (broad SMARTS) is 1. The maximum atomic E-state index is 11.2.